The Labute approximate surface area is 380 Å². The normalized spacial score (nSPS) is 30.8. The molecule has 13 atom stereocenters. The summed E-state index contributed by atoms with van der Waals surface area (Å²) in [6.45, 7) is 1.25. The number of β-amino-alcohol motifs (C(OH)–C–C–N with tert-alkyl or cyclic N) is 1. The number of fused-ring (bicyclic) bond motifs is 2. The quantitative estimate of drug-likeness (QED) is 0.0341. The van der Waals surface area contributed by atoms with Crippen LogP contribution in [0, 0.1) is 17.2 Å². The van der Waals surface area contributed by atoms with E-state index in [1.165, 1.54) is 13.0 Å². The van der Waals surface area contributed by atoms with Crippen molar-refractivity contribution in [3.8, 4) is 17.6 Å². The predicted octanol–water partition coefficient (Wildman–Crippen LogP) is -10.0. The van der Waals surface area contributed by atoms with E-state index < -0.39 is 159 Å². The van der Waals surface area contributed by atoms with E-state index in [9.17, 15) is 75.0 Å². The van der Waals surface area contributed by atoms with Crippen molar-refractivity contribution in [2.24, 2.45) is 11.7 Å². The molecule has 3 aliphatic rings. The number of aromatic hydroxyl groups is 1. The fourth-order valence-corrected chi connectivity index (χ4v) is 7.46. The largest absolute Gasteiger partial charge is 1.00 e. The Kier molecular flexibility index (Phi) is 20.0. The summed E-state index contributed by atoms with van der Waals surface area (Å²) >= 11 is 0.0165. The fourth-order valence-electron chi connectivity index (χ4n) is 7.21. The molecular weight excluding hydrogens is 859 g/mol. The second-order valence-corrected chi connectivity index (χ2v) is 15.5. The molecule has 0 bridgehead atoms. The number of hydrogen-bond acceptors (Lipinski definition) is 20. The van der Waals surface area contributed by atoms with Gasteiger partial charge in [0.2, 0.25) is 35.4 Å². The standard InChI is InChI=1S/C35H50N8O17S.Na/c1-14-12-43-28(29(14)50)33(54)38-11-17(45)9-19(37)30(51)39-25(15(2)44)34(55)42-13-18(46)10-20(42)31(52)40-26(32(53)41-27(35(43)56)22(48)5-6-36)23(49)7-16-3-4-21(47)24(8-16)58-61-60-59-57;/h3-4,8,14-15,17-20,22-23,25-29,44-50,57H,5,7,9-13,37H2,1-2H3,(H,38,54)(H,39,51)(H,40,52)(H,41,53);/q;+1/p-1/t14?,15?,17-,18?,19-,20?,22+,23+,25?,26?,27-,28?,29-;/m0./s1. The summed E-state index contributed by atoms with van der Waals surface area (Å²) in [5.74, 6) is -8.37. The van der Waals surface area contributed by atoms with E-state index in [2.05, 4.69) is 30.6 Å². The molecule has 1 aromatic carbocycles. The van der Waals surface area contributed by atoms with Crippen LogP contribution in [0.15, 0.2) is 18.2 Å². The van der Waals surface area contributed by atoms with Gasteiger partial charge < -0.3 is 82.0 Å². The van der Waals surface area contributed by atoms with E-state index in [1.807, 2.05) is 0 Å². The zero-order valence-corrected chi connectivity index (χ0v) is 36.5. The molecule has 338 valence electrons. The number of nitrogens with two attached hydrogens (primary N) is 1. The van der Waals surface area contributed by atoms with Crippen LogP contribution in [0.4, 0.5) is 0 Å². The van der Waals surface area contributed by atoms with E-state index in [0.717, 1.165) is 28.9 Å². The number of nitrogens with zero attached hydrogens (tertiary/aromatic N) is 3. The van der Waals surface area contributed by atoms with Gasteiger partial charge in [0.1, 0.15) is 30.2 Å². The Balaban J connectivity index is 0.0000102. The predicted molar refractivity (Wildman–Crippen MR) is 200 cm³/mol. The minimum absolute atomic E-state index is 0. The molecule has 27 heteroatoms. The molecule has 62 heavy (non-hydrogen) atoms. The molecule has 3 heterocycles. The zero-order chi connectivity index (χ0) is 45.3. The van der Waals surface area contributed by atoms with Crippen molar-refractivity contribution >= 4 is 47.8 Å². The number of nitriles is 1. The third-order valence-electron chi connectivity index (χ3n) is 10.4. The summed E-state index contributed by atoms with van der Waals surface area (Å²) in [7, 11) is 0. The maximum absolute atomic E-state index is 14.3. The van der Waals surface area contributed by atoms with E-state index >= 15 is 0 Å². The van der Waals surface area contributed by atoms with Gasteiger partial charge in [0, 0.05) is 38.4 Å². The molecule has 3 aliphatic heterocycles. The summed E-state index contributed by atoms with van der Waals surface area (Å²) in [5.41, 5.74) is 6.11. The second-order valence-electron chi connectivity index (χ2n) is 15.0. The van der Waals surface area contributed by atoms with Crippen molar-refractivity contribution in [2.45, 2.75) is 112 Å². The van der Waals surface area contributed by atoms with Crippen LogP contribution in [-0.2, 0) is 44.6 Å². The summed E-state index contributed by atoms with van der Waals surface area (Å²) in [4.78, 5) is 84.7. The molecule has 0 aromatic heterocycles. The van der Waals surface area contributed by atoms with Crippen molar-refractivity contribution in [3.63, 3.8) is 0 Å². The van der Waals surface area contributed by atoms with Crippen molar-refractivity contribution in [3.05, 3.63) is 23.8 Å². The van der Waals surface area contributed by atoms with E-state index in [-0.39, 0.29) is 59.7 Å². The number of phenols is 1. The average Bonchev–Trinajstić information content (AvgIpc) is 3.75. The first-order chi connectivity index (χ1) is 28.8. The van der Waals surface area contributed by atoms with Gasteiger partial charge in [-0.1, -0.05) is 13.0 Å². The summed E-state index contributed by atoms with van der Waals surface area (Å²) < 4.78 is 9.04. The van der Waals surface area contributed by atoms with Gasteiger partial charge in [0.05, 0.1) is 55.2 Å². The molecule has 0 saturated carbocycles. The summed E-state index contributed by atoms with van der Waals surface area (Å²) in [5, 5.41) is 108. The monoisotopic (exact) mass is 908 g/mol. The number of nitrogens with one attached hydrogen (secondary N) is 4. The summed E-state index contributed by atoms with van der Waals surface area (Å²) in [6, 6.07) is -5.59. The third-order valence-corrected chi connectivity index (χ3v) is 10.8. The number of carbonyl (C=O) groups is 6. The first-order valence-corrected chi connectivity index (χ1v) is 19.6. The van der Waals surface area contributed by atoms with Crippen molar-refractivity contribution in [1.82, 2.24) is 31.1 Å². The van der Waals surface area contributed by atoms with Gasteiger partial charge in [-0.25, -0.2) is 0 Å². The molecule has 7 unspecified atom stereocenters. The van der Waals surface area contributed by atoms with Gasteiger partial charge >= 0.3 is 29.6 Å². The molecule has 0 radical (unpaired) electrons. The maximum Gasteiger partial charge on any atom is 1.00 e. The Bertz CT molecular complexity index is 1810. The molecular formula is C35H49N8NaO17S. The fraction of sp³-hybridized carbons (Fsp3) is 0.629. The van der Waals surface area contributed by atoms with Gasteiger partial charge in [0.15, 0.2) is 11.5 Å². The SMILES string of the molecule is CC(O)C1NC(=O)[C@@H](N)C[C@H](O)CNC(=O)C2[C@@H](O)C(C)CN2C(=O)[C@H]([C@H](O)CC#N)NC(=O)C([C@H](O)Cc2ccc(O)c(OSOO[O-])c2)NC(=O)C2CC(O)CN2C1=O.[Na+]. The number of aliphatic hydroxyl groups excluding tert-OH is 6. The molecule has 0 aliphatic carbocycles. The molecule has 1 aromatic rings. The van der Waals surface area contributed by atoms with Gasteiger partial charge in [-0.2, -0.15) is 5.26 Å². The molecule has 4 rings (SSSR count). The Morgan fingerprint density at radius 3 is 2.19 bits per heavy atom. The van der Waals surface area contributed by atoms with Crippen LogP contribution in [0.1, 0.15) is 38.7 Å². The minimum atomic E-state index is -2.10. The number of amides is 6. The number of phenolic OH excluding ortho intramolecular Hbond substituents is 1. The van der Waals surface area contributed by atoms with Crippen LogP contribution in [0.5, 0.6) is 11.5 Å². The van der Waals surface area contributed by atoms with Gasteiger partial charge in [-0.05, 0) is 31.0 Å². The van der Waals surface area contributed by atoms with Crippen LogP contribution in [0.2, 0.25) is 0 Å². The first kappa shape index (κ1) is 52.4. The molecule has 0 spiro atoms. The van der Waals surface area contributed by atoms with Gasteiger partial charge in [-0.3, -0.25) is 33.8 Å². The minimum Gasteiger partial charge on any atom is -0.691 e. The Morgan fingerprint density at radius 2 is 1.55 bits per heavy atom. The number of benzene rings is 1. The van der Waals surface area contributed by atoms with Crippen molar-refractivity contribution < 1.29 is 113 Å². The molecule has 3 saturated heterocycles. The van der Waals surface area contributed by atoms with Crippen LogP contribution in [0.25, 0.3) is 0 Å². The van der Waals surface area contributed by atoms with Crippen molar-refractivity contribution in [2.75, 3.05) is 19.6 Å². The molecule has 25 nitrogen and oxygen atoms in total. The zero-order valence-electron chi connectivity index (χ0n) is 33.7. The van der Waals surface area contributed by atoms with Crippen molar-refractivity contribution in [1.29, 1.82) is 5.26 Å². The van der Waals surface area contributed by atoms with E-state index in [1.54, 1.807) is 6.07 Å². The molecule has 3 fully saturated rings. The third kappa shape index (κ3) is 13.1. The Hall–Kier alpha value is -3.92. The van der Waals surface area contributed by atoms with E-state index in [4.69, 9.17) is 9.92 Å². The molecule has 6 amide bonds. The summed E-state index contributed by atoms with van der Waals surface area (Å²) in [6.07, 6.45) is -12.2. The van der Waals surface area contributed by atoms with Gasteiger partial charge in [-0.15, -0.1) is 4.33 Å². The van der Waals surface area contributed by atoms with Gasteiger partial charge in [0.25, 0.3) is 12.3 Å². The second kappa shape index (κ2) is 23.7. The molecule has 13 N–H and O–H groups in total. The maximum atomic E-state index is 14.3. The van der Waals surface area contributed by atoms with E-state index in [0.29, 0.717) is 0 Å². The number of carbonyl (C=O) groups excluding carboxylic acids is 6. The van der Waals surface area contributed by atoms with Crippen LogP contribution in [0.3, 0.4) is 0 Å². The Morgan fingerprint density at radius 1 is 0.903 bits per heavy atom. The van der Waals surface area contributed by atoms with Crippen LogP contribution < -0.4 is 66.0 Å². The number of rotatable bonds is 10. The van der Waals surface area contributed by atoms with Crippen LogP contribution in [-0.4, -0.2) is 173 Å². The number of aliphatic hydroxyl groups is 6. The topological polar surface area (TPSA) is 399 Å². The average molecular weight is 909 g/mol. The van der Waals surface area contributed by atoms with Crippen LogP contribution >= 0.6 is 12.3 Å². The first-order valence-electron chi connectivity index (χ1n) is 18.9. The number of hydrogen-bond donors (Lipinski definition) is 12. The smallest absolute Gasteiger partial charge is 0.691 e.